The highest BCUT2D eigenvalue weighted by molar-refractivity contribution is 5.79. The summed E-state index contributed by atoms with van der Waals surface area (Å²) in [4.78, 5) is 6.87. The van der Waals surface area contributed by atoms with Crippen molar-refractivity contribution in [3.63, 3.8) is 0 Å². The minimum Gasteiger partial charge on any atom is -0.357 e. The third kappa shape index (κ3) is 6.43. The summed E-state index contributed by atoms with van der Waals surface area (Å²) in [7, 11) is 0. The van der Waals surface area contributed by atoms with Crippen molar-refractivity contribution in [3.8, 4) is 0 Å². The van der Waals surface area contributed by atoms with Crippen molar-refractivity contribution in [1.29, 1.82) is 0 Å². The number of likely N-dealkylation sites (N-methyl/N-ethyl adjacent to an activating group) is 1. The van der Waals surface area contributed by atoms with E-state index in [1.54, 1.807) is 19.1 Å². The number of halogens is 1. The topological polar surface area (TPSA) is 39.7 Å². The zero-order chi connectivity index (χ0) is 16.4. The third-order valence-corrected chi connectivity index (χ3v) is 3.62. The Balaban J connectivity index is 2.55. The lowest BCUT2D eigenvalue weighted by Gasteiger charge is -2.19. The van der Waals surface area contributed by atoms with Gasteiger partial charge in [-0.25, -0.2) is 9.38 Å². The average Bonchev–Trinajstić information content (AvgIpc) is 2.52. The molecule has 1 aromatic carbocycles. The van der Waals surface area contributed by atoms with Gasteiger partial charge in [-0.3, -0.25) is 0 Å². The van der Waals surface area contributed by atoms with Crippen LogP contribution >= 0.6 is 0 Å². The van der Waals surface area contributed by atoms with Crippen LogP contribution in [-0.2, 0) is 6.54 Å². The van der Waals surface area contributed by atoms with Crippen LogP contribution in [0.3, 0.4) is 0 Å². The summed E-state index contributed by atoms with van der Waals surface area (Å²) in [6.07, 6.45) is 0. The molecule has 124 valence electrons. The maximum atomic E-state index is 13.5. The molecule has 0 unspecified atom stereocenters. The van der Waals surface area contributed by atoms with Gasteiger partial charge >= 0.3 is 0 Å². The first-order valence-electron chi connectivity index (χ1n) is 8.10. The Labute approximate surface area is 133 Å². The molecule has 1 aromatic rings. The fourth-order valence-corrected chi connectivity index (χ4v) is 2.12. The monoisotopic (exact) mass is 308 g/mol. The van der Waals surface area contributed by atoms with E-state index in [-0.39, 0.29) is 5.82 Å². The highest BCUT2D eigenvalue weighted by atomic mass is 19.1. The minimum atomic E-state index is -0.174. The van der Waals surface area contributed by atoms with Crippen molar-refractivity contribution in [1.82, 2.24) is 15.5 Å². The van der Waals surface area contributed by atoms with Crippen LogP contribution in [0.25, 0.3) is 0 Å². The Bertz CT molecular complexity index is 470. The molecule has 0 aliphatic rings. The van der Waals surface area contributed by atoms with E-state index in [0.717, 1.165) is 44.2 Å². The Morgan fingerprint density at radius 2 is 1.91 bits per heavy atom. The molecule has 1 rings (SSSR count). The van der Waals surface area contributed by atoms with Gasteiger partial charge in [0.1, 0.15) is 5.82 Å². The van der Waals surface area contributed by atoms with Crippen LogP contribution in [0.5, 0.6) is 0 Å². The molecule has 0 radical (unpaired) electrons. The normalized spacial score (nSPS) is 11.8. The van der Waals surface area contributed by atoms with Crippen molar-refractivity contribution in [2.24, 2.45) is 4.99 Å². The van der Waals surface area contributed by atoms with E-state index in [9.17, 15) is 4.39 Å². The molecule has 0 saturated heterocycles. The number of guanidine groups is 1. The number of hydrogen-bond acceptors (Lipinski definition) is 2. The summed E-state index contributed by atoms with van der Waals surface area (Å²) in [6, 6.07) is 5.26. The van der Waals surface area contributed by atoms with E-state index in [0.29, 0.717) is 12.1 Å². The standard InChI is InChI=1S/C17H29FN4/c1-5-19-17(20-10-11-22(6-2)7-3)21-13-15-9-8-14(4)16(18)12-15/h8-9,12H,5-7,10-11,13H2,1-4H3,(H2,19,20,21). The second-order valence-corrected chi connectivity index (χ2v) is 5.23. The highest BCUT2D eigenvalue weighted by Gasteiger charge is 2.02. The SMILES string of the molecule is CCNC(=NCc1ccc(C)c(F)c1)NCCN(CC)CC. The summed E-state index contributed by atoms with van der Waals surface area (Å²) in [5.41, 5.74) is 1.54. The Morgan fingerprint density at radius 3 is 2.50 bits per heavy atom. The number of rotatable bonds is 8. The molecule has 0 aliphatic carbocycles. The largest absolute Gasteiger partial charge is 0.357 e. The lowest BCUT2D eigenvalue weighted by atomic mass is 10.1. The lowest BCUT2D eigenvalue weighted by molar-refractivity contribution is 0.308. The number of nitrogens with zero attached hydrogens (tertiary/aromatic N) is 2. The van der Waals surface area contributed by atoms with Gasteiger partial charge in [0, 0.05) is 19.6 Å². The van der Waals surface area contributed by atoms with E-state index < -0.39 is 0 Å². The van der Waals surface area contributed by atoms with Gasteiger partial charge in [-0.2, -0.15) is 0 Å². The van der Waals surface area contributed by atoms with Crippen LogP contribution in [0.1, 0.15) is 31.9 Å². The molecule has 0 amide bonds. The van der Waals surface area contributed by atoms with E-state index in [1.807, 2.05) is 13.0 Å². The predicted octanol–water partition coefficient (Wildman–Crippen LogP) is 2.53. The predicted molar refractivity (Wildman–Crippen MR) is 91.7 cm³/mol. The van der Waals surface area contributed by atoms with Crippen LogP contribution in [0.4, 0.5) is 4.39 Å². The molecule has 0 fully saturated rings. The second kappa shape index (κ2) is 10.2. The third-order valence-electron chi connectivity index (χ3n) is 3.62. The van der Waals surface area contributed by atoms with Gasteiger partial charge in [-0.1, -0.05) is 26.0 Å². The molecule has 2 N–H and O–H groups in total. The first-order chi connectivity index (χ1) is 10.6. The maximum Gasteiger partial charge on any atom is 0.191 e. The molecular weight excluding hydrogens is 279 g/mol. The summed E-state index contributed by atoms with van der Waals surface area (Å²) >= 11 is 0. The van der Waals surface area contributed by atoms with Crippen molar-refractivity contribution >= 4 is 5.96 Å². The van der Waals surface area contributed by atoms with Gasteiger partial charge in [0.05, 0.1) is 6.54 Å². The Hall–Kier alpha value is -1.62. The lowest BCUT2D eigenvalue weighted by Crippen LogP contribution is -2.41. The van der Waals surface area contributed by atoms with Gasteiger partial charge < -0.3 is 15.5 Å². The number of benzene rings is 1. The van der Waals surface area contributed by atoms with Crippen molar-refractivity contribution in [2.75, 3.05) is 32.7 Å². The maximum absolute atomic E-state index is 13.5. The molecule has 0 saturated carbocycles. The fraction of sp³-hybridized carbons (Fsp3) is 0.588. The molecule has 0 spiro atoms. The van der Waals surface area contributed by atoms with Crippen molar-refractivity contribution in [2.45, 2.75) is 34.2 Å². The van der Waals surface area contributed by atoms with Crippen LogP contribution in [0.15, 0.2) is 23.2 Å². The zero-order valence-electron chi connectivity index (χ0n) is 14.2. The summed E-state index contributed by atoms with van der Waals surface area (Å²) in [5.74, 6) is 0.600. The zero-order valence-corrected chi connectivity index (χ0v) is 14.2. The molecule has 22 heavy (non-hydrogen) atoms. The van der Waals surface area contributed by atoms with Crippen LogP contribution < -0.4 is 10.6 Å². The van der Waals surface area contributed by atoms with Crippen molar-refractivity contribution in [3.05, 3.63) is 35.1 Å². The number of hydrogen-bond donors (Lipinski definition) is 2. The fourth-order valence-electron chi connectivity index (χ4n) is 2.12. The van der Waals surface area contributed by atoms with Crippen molar-refractivity contribution < 1.29 is 4.39 Å². The average molecular weight is 308 g/mol. The minimum absolute atomic E-state index is 0.174. The van der Waals surface area contributed by atoms with E-state index in [2.05, 4.69) is 34.4 Å². The first kappa shape index (κ1) is 18.4. The second-order valence-electron chi connectivity index (χ2n) is 5.23. The summed E-state index contributed by atoms with van der Waals surface area (Å²) in [6.45, 7) is 13.3. The Kier molecular flexibility index (Phi) is 8.51. The highest BCUT2D eigenvalue weighted by Crippen LogP contribution is 2.09. The quantitative estimate of drug-likeness (QED) is 0.573. The van der Waals surface area contributed by atoms with Crippen LogP contribution in [0, 0.1) is 12.7 Å². The molecule has 0 atom stereocenters. The molecule has 0 aromatic heterocycles. The smallest absolute Gasteiger partial charge is 0.191 e. The molecule has 0 bridgehead atoms. The van der Waals surface area contributed by atoms with Gasteiger partial charge in [0.15, 0.2) is 5.96 Å². The van der Waals surface area contributed by atoms with Crippen LogP contribution in [-0.4, -0.2) is 43.6 Å². The van der Waals surface area contributed by atoms with E-state index in [1.165, 1.54) is 0 Å². The van der Waals surface area contributed by atoms with Gasteiger partial charge in [-0.05, 0) is 44.1 Å². The number of aliphatic imine (C=N–C) groups is 1. The molecule has 0 heterocycles. The van der Waals surface area contributed by atoms with Gasteiger partial charge in [0.2, 0.25) is 0 Å². The molecule has 4 nitrogen and oxygen atoms in total. The van der Waals surface area contributed by atoms with E-state index >= 15 is 0 Å². The van der Waals surface area contributed by atoms with Gasteiger partial charge in [-0.15, -0.1) is 0 Å². The molecule has 5 heteroatoms. The summed E-state index contributed by atoms with van der Waals surface area (Å²) < 4.78 is 13.5. The number of aryl methyl sites for hydroxylation is 1. The Morgan fingerprint density at radius 1 is 1.18 bits per heavy atom. The van der Waals surface area contributed by atoms with Gasteiger partial charge in [0.25, 0.3) is 0 Å². The summed E-state index contributed by atoms with van der Waals surface area (Å²) in [5, 5.41) is 6.53. The first-order valence-corrected chi connectivity index (χ1v) is 8.10. The number of nitrogens with one attached hydrogen (secondary N) is 2. The van der Waals surface area contributed by atoms with E-state index in [4.69, 9.17) is 0 Å². The molecule has 0 aliphatic heterocycles. The van der Waals surface area contributed by atoms with Crippen LogP contribution in [0.2, 0.25) is 0 Å². The molecular formula is C17H29FN4.